The minimum Gasteiger partial charge on any atom is -0.478 e. The van der Waals surface area contributed by atoms with E-state index < -0.39 is 17.9 Å². The van der Waals surface area contributed by atoms with E-state index in [1.54, 1.807) is 140 Å². The van der Waals surface area contributed by atoms with E-state index in [4.69, 9.17) is 4.74 Å². The SMILES string of the molecule is O=C(O)c1ccc(C(=O)c2ccccc2)c(C(=O)c2ccccc2)c1.O=C(OC(=O)c1ccccc1C(=O)c1ccccc1)c1ccccc1. The van der Waals surface area contributed by atoms with Gasteiger partial charge >= 0.3 is 17.9 Å². The van der Waals surface area contributed by atoms with Gasteiger partial charge < -0.3 is 9.84 Å². The van der Waals surface area contributed by atoms with Crippen LogP contribution in [0.1, 0.15) is 78.8 Å². The summed E-state index contributed by atoms with van der Waals surface area (Å²) in [5.74, 6) is -3.78. The van der Waals surface area contributed by atoms with Gasteiger partial charge in [0.15, 0.2) is 17.3 Å². The highest BCUT2D eigenvalue weighted by Gasteiger charge is 2.23. The van der Waals surface area contributed by atoms with Crippen molar-refractivity contribution in [2.24, 2.45) is 0 Å². The minimum atomic E-state index is -1.15. The van der Waals surface area contributed by atoms with E-state index in [-0.39, 0.29) is 50.7 Å². The maximum Gasteiger partial charge on any atom is 0.346 e. The average molecular weight is 661 g/mol. The highest BCUT2D eigenvalue weighted by molar-refractivity contribution is 6.20. The molecule has 0 aliphatic heterocycles. The van der Waals surface area contributed by atoms with Crippen molar-refractivity contribution < 1.29 is 38.6 Å². The molecular weight excluding hydrogens is 632 g/mol. The molecule has 244 valence electrons. The zero-order valence-corrected chi connectivity index (χ0v) is 26.4. The predicted molar refractivity (Wildman–Crippen MR) is 186 cm³/mol. The van der Waals surface area contributed by atoms with Gasteiger partial charge in [-0.15, -0.1) is 0 Å². The Bertz CT molecular complexity index is 2180. The Morgan fingerprint density at radius 2 is 0.700 bits per heavy atom. The third-order valence-electron chi connectivity index (χ3n) is 7.45. The number of esters is 2. The summed E-state index contributed by atoms with van der Waals surface area (Å²) in [6.45, 7) is 0. The molecule has 0 amide bonds. The Kier molecular flexibility index (Phi) is 11.1. The van der Waals surface area contributed by atoms with E-state index in [0.717, 1.165) is 0 Å². The van der Waals surface area contributed by atoms with Gasteiger partial charge in [0, 0.05) is 33.4 Å². The highest BCUT2D eigenvalue weighted by Crippen LogP contribution is 2.21. The molecule has 0 aromatic heterocycles. The van der Waals surface area contributed by atoms with Crippen molar-refractivity contribution in [1.82, 2.24) is 0 Å². The molecule has 0 atom stereocenters. The molecule has 8 nitrogen and oxygen atoms in total. The number of hydrogen-bond acceptors (Lipinski definition) is 7. The van der Waals surface area contributed by atoms with Gasteiger partial charge in [0.25, 0.3) is 0 Å². The predicted octanol–water partition coefficient (Wildman–Crippen LogP) is 7.76. The van der Waals surface area contributed by atoms with Crippen LogP contribution < -0.4 is 0 Å². The molecule has 0 heterocycles. The third kappa shape index (κ3) is 8.26. The van der Waals surface area contributed by atoms with Crippen LogP contribution in [0.4, 0.5) is 0 Å². The zero-order chi connectivity index (χ0) is 35.5. The summed E-state index contributed by atoms with van der Waals surface area (Å²) < 4.78 is 4.92. The summed E-state index contributed by atoms with van der Waals surface area (Å²) in [5, 5.41) is 9.21. The molecule has 0 aliphatic rings. The van der Waals surface area contributed by atoms with Gasteiger partial charge in [0.1, 0.15) is 0 Å². The largest absolute Gasteiger partial charge is 0.478 e. The highest BCUT2D eigenvalue weighted by atomic mass is 16.6. The molecule has 0 spiro atoms. The normalized spacial score (nSPS) is 10.2. The lowest BCUT2D eigenvalue weighted by molar-refractivity contribution is 0.0395. The van der Waals surface area contributed by atoms with Gasteiger partial charge in [0.2, 0.25) is 0 Å². The minimum absolute atomic E-state index is 0.0381. The zero-order valence-electron chi connectivity index (χ0n) is 26.4. The first kappa shape index (κ1) is 34.3. The molecule has 0 saturated carbocycles. The van der Waals surface area contributed by atoms with Crippen molar-refractivity contribution in [2.45, 2.75) is 0 Å². The van der Waals surface area contributed by atoms with E-state index in [1.807, 2.05) is 0 Å². The van der Waals surface area contributed by atoms with Crippen molar-refractivity contribution in [3.8, 4) is 0 Å². The van der Waals surface area contributed by atoms with Crippen LogP contribution in [0.5, 0.6) is 0 Å². The Labute approximate surface area is 287 Å². The van der Waals surface area contributed by atoms with E-state index in [9.17, 15) is 33.9 Å². The molecule has 6 aromatic rings. The number of hydrogen-bond donors (Lipinski definition) is 1. The second-order valence-electron chi connectivity index (χ2n) is 10.7. The van der Waals surface area contributed by atoms with Gasteiger partial charge in [-0.05, 0) is 36.4 Å². The summed E-state index contributed by atoms with van der Waals surface area (Å²) in [6, 6.07) is 44.1. The fourth-order valence-electron chi connectivity index (χ4n) is 4.93. The average Bonchev–Trinajstić information content (AvgIpc) is 3.18. The number of carboxylic acids is 1. The second kappa shape index (κ2) is 16.2. The van der Waals surface area contributed by atoms with Crippen molar-refractivity contribution in [1.29, 1.82) is 0 Å². The molecule has 0 aliphatic carbocycles. The van der Waals surface area contributed by atoms with E-state index in [2.05, 4.69) is 0 Å². The van der Waals surface area contributed by atoms with Crippen LogP contribution in [0.25, 0.3) is 0 Å². The van der Waals surface area contributed by atoms with Gasteiger partial charge in [-0.1, -0.05) is 127 Å². The molecule has 0 fully saturated rings. The topological polar surface area (TPSA) is 132 Å². The maximum atomic E-state index is 12.8. The summed E-state index contributed by atoms with van der Waals surface area (Å²) in [7, 11) is 0. The first-order valence-electron chi connectivity index (χ1n) is 15.3. The number of ether oxygens (including phenoxy) is 1. The molecule has 0 bridgehead atoms. The Morgan fingerprint density at radius 3 is 1.14 bits per heavy atom. The molecular formula is C42H28O8. The van der Waals surface area contributed by atoms with Crippen molar-refractivity contribution in [3.05, 3.63) is 214 Å². The Morgan fingerprint density at radius 1 is 0.340 bits per heavy atom. The fourth-order valence-corrected chi connectivity index (χ4v) is 4.93. The summed E-state index contributed by atoms with van der Waals surface area (Å²) in [4.78, 5) is 74.0. The molecule has 6 aromatic carbocycles. The Hall–Kier alpha value is -7.06. The van der Waals surface area contributed by atoms with Crippen LogP contribution in [0.15, 0.2) is 164 Å². The van der Waals surface area contributed by atoms with Crippen LogP contribution in [0, 0.1) is 0 Å². The maximum absolute atomic E-state index is 12.8. The number of aromatic carboxylic acids is 1. The summed E-state index contributed by atoms with van der Waals surface area (Å²) in [6.07, 6.45) is 0. The van der Waals surface area contributed by atoms with Gasteiger partial charge in [0.05, 0.1) is 16.7 Å². The van der Waals surface area contributed by atoms with E-state index in [0.29, 0.717) is 16.7 Å². The number of rotatable bonds is 9. The summed E-state index contributed by atoms with van der Waals surface area (Å²) in [5.41, 5.74) is 2.04. The molecule has 0 unspecified atom stereocenters. The molecule has 1 N–H and O–H groups in total. The first-order valence-corrected chi connectivity index (χ1v) is 15.3. The van der Waals surface area contributed by atoms with E-state index in [1.165, 1.54) is 24.3 Å². The smallest absolute Gasteiger partial charge is 0.346 e. The molecule has 50 heavy (non-hydrogen) atoms. The van der Waals surface area contributed by atoms with Crippen LogP contribution >= 0.6 is 0 Å². The second-order valence-corrected chi connectivity index (χ2v) is 10.7. The van der Waals surface area contributed by atoms with Gasteiger partial charge in [-0.2, -0.15) is 0 Å². The summed E-state index contributed by atoms with van der Waals surface area (Å²) >= 11 is 0. The Balaban J connectivity index is 0.000000194. The molecule has 0 saturated heterocycles. The van der Waals surface area contributed by atoms with Crippen molar-refractivity contribution in [2.75, 3.05) is 0 Å². The molecule has 0 radical (unpaired) electrons. The molecule has 6 rings (SSSR count). The molecule has 8 heteroatoms. The van der Waals surface area contributed by atoms with Crippen LogP contribution in [0.3, 0.4) is 0 Å². The lowest BCUT2D eigenvalue weighted by Crippen LogP contribution is -2.16. The number of carbonyl (C=O) groups is 6. The monoisotopic (exact) mass is 660 g/mol. The fraction of sp³-hybridized carbons (Fsp3) is 0. The van der Waals surface area contributed by atoms with Crippen molar-refractivity contribution in [3.63, 3.8) is 0 Å². The third-order valence-corrected chi connectivity index (χ3v) is 7.45. The van der Waals surface area contributed by atoms with Gasteiger partial charge in [-0.3, -0.25) is 14.4 Å². The standard InChI is InChI=1S/2C21H14O4/c22-19(15-9-3-1-4-10-15)17-13-7-8-14-18(17)21(24)25-20(23)16-11-5-2-6-12-16;22-19(14-7-3-1-4-8-14)17-12-11-16(21(24)25)13-18(17)20(23)15-9-5-2-6-10-15/h1-14H;1-13H,(H,24,25). The number of carboxylic acid groups (broad SMARTS) is 1. The van der Waals surface area contributed by atoms with Crippen LogP contribution in [0.2, 0.25) is 0 Å². The van der Waals surface area contributed by atoms with Crippen LogP contribution in [-0.2, 0) is 4.74 Å². The number of benzene rings is 6. The first-order chi connectivity index (χ1) is 24.2. The van der Waals surface area contributed by atoms with E-state index >= 15 is 0 Å². The van der Waals surface area contributed by atoms with Crippen LogP contribution in [-0.4, -0.2) is 40.4 Å². The lowest BCUT2D eigenvalue weighted by Gasteiger charge is -2.10. The van der Waals surface area contributed by atoms with Gasteiger partial charge in [-0.25, -0.2) is 14.4 Å². The lowest BCUT2D eigenvalue weighted by atomic mass is 9.92. The number of ketones is 3. The number of carbonyl (C=O) groups excluding carboxylic acids is 5. The quantitative estimate of drug-likeness (QED) is 0.0946. The van der Waals surface area contributed by atoms with Crippen molar-refractivity contribution >= 4 is 35.3 Å².